The zero-order chi connectivity index (χ0) is 19.1. The van der Waals surface area contributed by atoms with Gasteiger partial charge in [-0.1, -0.05) is 135 Å². The van der Waals surface area contributed by atoms with E-state index in [1.165, 1.54) is 128 Å². The van der Waals surface area contributed by atoms with Crippen LogP contribution in [-0.4, -0.2) is 4.69 Å². The summed E-state index contributed by atoms with van der Waals surface area (Å²) >= 11 is 2.99. The zero-order valence-corrected chi connectivity index (χ0v) is 19.4. The van der Waals surface area contributed by atoms with Gasteiger partial charge >= 0.3 is 0 Å². The first-order chi connectivity index (χ1) is 12.8. The Morgan fingerprint density at radius 2 is 0.692 bits per heavy atom. The summed E-state index contributed by atoms with van der Waals surface area (Å²) in [6.45, 7) is 2.29. The summed E-state index contributed by atoms with van der Waals surface area (Å²) in [6.07, 6.45) is 30.2. The second kappa shape index (κ2) is 23.2. The first kappa shape index (κ1) is 26.1. The second-order valence-corrected chi connectivity index (χ2v) is 9.06. The van der Waals surface area contributed by atoms with Crippen molar-refractivity contribution in [1.82, 2.24) is 0 Å². The Bertz CT molecular complexity index is 277. The van der Waals surface area contributed by atoms with Crippen molar-refractivity contribution in [3.05, 3.63) is 0 Å². The normalized spacial score (nSPS) is 11.2. The predicted molar refractivity (Wildman–Crippen MR) is 121 cm³/mol. The molecule has 0 radical (unpaired) electrons. The topological polar surface area (TPSA) is 17.1 Å². The molecule has 0 aliphatic heterocycles. The molecule has 0 saturated carbocycles. The lowest BCUT2D eigenvalue weighted by molar-refractivity contribution is -0.110. The fourth-order valence-corrected chi connectivity index (χ4v) is 3.98. The van der Waals surface area contributed by atoms with E-state index in [-0.39, 0.29) is 4.69 Å². The quantitative estimate of drug-likeness (QED) is 0.123. The first-order valence-electron chi connectivity index (χ1n) is 12.0. The Kier molecular flexibility index (Phi) is 23.3. The summed E-state index contributed by atoms with van der Waals surface area (Å²) in [5.74, 6) is 0. The first-order valence-corrected chi connectivity index (χ1v) is 12.7. The fourth-order valence-electron chi connectivity index (χ4n) is 3.70. The predicted octanol–water partition coefficient (Wildman–Crippen LogP) is 9.51. The Labute approximate surface area is 173 Å². The van der Waals surface area contributed by atoms with Gasteiger partial charge in [-0.15, -0.1) is 0 Å². The van der Waals surface area contributed by atoms with Gasteiger partial charge < -0.3 is 0 Å². The molecule has 2 heteroatoms. The molecule has 0 saturated heterocycles. The molecule has 0 N–H and O–H groups in total. The van der Waals surface area contributed by atoms with E-state index in [9.17, 15) is 4.79 Å². The molecule has 0 aromatic rings. The minimum atomic E-state index is 0.162. The van der Waals surface area contributed by atoms with Gasteiger partial charge in [-0.3, -0.25) is 4.79 Å². The van der Waals surface area contributed by atoms with Crippen LogP contribution in [0.2, 0.25) is 0 Å². The number of unbranched alkanes of at least 4 members (excludes halogenated alkanes) is 20. The maximum atomic E-state index is 10.8. The van der Waals surface area contributed by atoms with Gasteiger partial charge in [0.2, 0.25) is 0 Å². The largest absolute Gasteiger partial charge is 0.287 e. The number of hydrogen-bond donors (Lipinski definition) is 0. The van der Waals surface area contributed by atoms with Crippen LogP contribution in [0.5, 0.6) is 0 Å². The molecular formula is C24H47BrO. The lowest BCUT2D eigenvalue weighted by Crippen LogP contribution is -1.86. The molecule has 0 aliphatic carbocycles. The molecule has 0 fully saturated rings. The molecule has 156 valence electrons. The Hall–Kier alpha value is 0.150. The van der Waals surface area contributed by atoms with E-state index in [4.69, 9.17) is 0 Å². The standard InChI is InChI=1S/C24H47BrO/c1-2-3-4-5-6-7-8-9-10-11-12-13-14-15-16-17-18-19-20-21-22-23-24(25)26/h2-23H2,1H3. The van der Waals surface area contributed by atoms with Crippen LogP contribution < -0.4 is 0 Å². The Balaban J connectivity index is 2.98. The summed E-state index contributed by atoms with van der Waals surface area (Å²) in [5, 5.41) is 0. The SMILES string of the molecule is CCCCCCCCCCCCCCCCCCCCCCCC(=O)Br. The van der Waals surface area contributed by atoms with Gasteiger partial charge in [0.1, 0.15) is 0 Å². The molecular weight excluding hydrogens is 384 g/mol. The molecule has 0 aromatic carbocycles. The van der Waals surface area contributed by atoms with Crippen LogP contribution >= 0.6 is 15.9 Å². The van der Waals surface area contributed by atoms with Crippen LogP contribution in [0, 0.1) is 0 Å². The maximum absolute atomic E-state index is 10.8. The molecule has 0 rings (SSSR count). The highest BCUT2D eigenvalue weighted by molar-refractivity contribution is 9.18. The van der Waals surface area contributed by atoms with Gasteiger partial charge in [-0.05, 0) is 22.4 Å². The molecule has 0 aliphatic rings. The highest BCUT2D eigenvalue weighted by Crippen LogP contribution is 2.15. The molecule has 0 aromatic heterocycles. The molecule has 0 atom stereocenters. The number of rotatable bonds is 22. The molecule has 0 bridgehead atoms. The van der Waals surface area contributed by atoms with Crippen LogP contribution in [0.4, 0.5) is 0 Å². The molecule has 0 spiro atoms. The van der Waals surface area contributed by atoms with Crippen LogP contribution in [0.1, 0.15) is 148 Å². The fraction of sp³-hybridized carbons (Fsp3) is 0.958. The molecule has 0 unspecified atom stereocenters. The summed E-state index contributed by atoms with van der Waals surface area (Å²) in [6, 6.07) is 0. The monoisotopic (exact) mass is 430 g/mol. The summed E-state index contributed by atoms with van der Waals surface area (Å²) in [4.78, 5) is 10.8. The lowest BCUT2D eigenvalue weighted by atomic mass is 10.0. The van der Waals surface area contributed by atoms with E-state index in [0.29, 0.717) is 6.42 Å². The van der Waals surface area contributed by atoms with Crippen LogP contribution in [0.25, 0.3) is 0 Å². The van der Waals surface area contributed by atoms with Crippen molar-refractivity contribution in [2.75, 3.05) is 0 Å². The number of carbonyl (C=O) groups is 1. The average molecular weight is 432 g/mol. The highest BCUT2D eigenvalue weighted by atomic mass is 79.9. The summed E-state index contributed by atoms with van der Waals surface area (Å²) in [7, 11) is 0. The van der Waals surface area contributed by atoms with Crippen LogP contribution in [0.15, 0.2) is 0 Å². The number of halogens is 1. The third-order valence-corrected chi connectivity index (χ3v) is 5.87. The zero-order valence-electron chi connectivity index (χ0n) is 17.8. The second-order valence-electron chi connectivity index (χ2n) is 8.18. The third kappa shape index (κ3) is 24.1. The number of carbonyl (C=O) groups excluding carboxylic acids is 1. The lowest BCUT2D eigenvalue weighted by Gasteiger charge is -2.04. The number of hydrogen-bond acceptors (Lipinski definition) is 1. The molecule has 0 heterocycles. The Morgan fingerprint density at radius 3 is 0.923 bits per heavy atom. The van der Waals surface area contributed by atoms with Crippen molar-refractivity contribution < 1.29 is 4.79 Å². The van der Waals surface area contributed by atoms with Crippen molar-refractivity contribution in [3.63, 3.8) is 0 Å². The van der Waals surface area contributed by atoms with E-state index < -0.39 is 0 Å². The van der Waals surface area contributed by atoms with Crippen molar-refractivity contribution in [1.29, 1.82) is 0 Å². The van der Waals surface area contributed by atoms with Crippen molar-refractivity contribution in [3.8, 4) is 0 Å². The third-order valence-electron chi connectivity index (χ3n) is 5.48. The van der Waals surface area contributed by atoms with E-state index in [1.54, 1.807) is 0 Å². The van der Waals surface area contributed by atoms with Crippen LogP contribution in [-0.2, 0) is 4.79 Å². The van der Waals surface area contributed by atoms with Gasteiger partial charge in [0.25, 0.3) is 0 Å². The van der Waals surface area contributed by atoms with Gasteiger partial charge in [-0.25, -0.2) is 0 Å². The van der Waals surface area contributed by atoms with Crippen molar-refractivity contribution >= 4 is 20.6 Å². The Morgan fingerprint density at radius 1 is 0.462 bits per heavy atom. The summed E-state index contributed by atoms with van der Waals surface area (Å²) < 4.78 is 0.162. The summed E-state index contributed by atoms with van der Waals surface area (Å²) in [5.41, 5.74) is 0. The van der Waals surface area contributed by atoms with Crippen molar-refractivity contribution in [2.24, 2.45) is 0 Å². The van der Waals surface area contributed by atoms with Gasteiger partial charge in [-0.2, -0.15) is 0 Å². The molecule has 1 nitrogen and oxygen atoms in total. The van der Waals surface area contributed by atoms with Gasteiger partial charge in [0, 0.05) is 6.42 Å². The van der Waals surface area contributed by atoms with E-state index in [1.807, 2.05) is 0 Å². The molecule has 0 amide bonds. The minimum absolute atomic E-state index is 0.162. The van der Waals surface area contributed by atoms with E-state index >= 15 is 0 Å². The maximum Gasteiger partial charge on any atom is 0.197 e. The van der Waals surface area contributed by atoms with Crippen LogP contribution in [0.3, 0.4) is 0 Å². The molecule has 26 heavy (non-hydrogen) atoms. The smallest absolute Gasteiger partial charge is 0.197 e. The average Bonchev–Trinajstić information content (AvgIpc) is 2.62. The van der Waals surface area contributed by atoms with E-state index in [0.717, 1.165) is 6.42 Å². The van der Waals surface area contributed by atoms with Crippen molar-refractivity contribution in [2.45, 2.75) is 148 Å². The van der Waals surface area contributed by atoms with E-state index in [2.05, 4.69) is 22.9 Å². The van der Waals surface area contributed by atoms with Gasteiger partial charge in [0.15, 0.2) is 4.69 Å². The highest BCUT2D eigenvalue weighted by Gasteiger charge is 1.97. The van der Waals surface area contributed by atoms with Gasteiger partial charge in [0.05, 0.1) is 0 Å². The minimum Gasteiger partial charge on any atom is -0.287 e.